The van der Waals surface area contributed by atoms with Gasteiger partial charge in [-0.1, -0.05) is 25.7 Å². The van der Waals surface area contributed by atoms with Gasteiger partial charge in [0, 0.05) is 6.54 Å². The summed E-state index contributed by atoms with van der Waals surface area (Å²) in [4.78, 5) is 0. The molecule has 5 heteroatoms. The van der Waals surface area contributed by atoms with Gasteiger partial charge in [-0.25, -0.2) is 0 Å². The average Bonchev–Trinajstić information content (AvgIpc) is 2.65. The first kappa shape index (κ1) is 14.7. The molecule has 1 aromatic rings. The topological polar surface area (TPSA) is 81.8 Å². The van der Waals surface area contributed by atoms with Crippen molar-refractivity contribution in [3.63, 3.8) is 0 Å². The highest BCUT2D eigenvalue weighted by Gasteiger charge is 2.28. The fourth-order valence-electron chi connectivity index (χ4n) is 2.68. The molecule has 2 rings (SSSR count). The second kappa shape index (κ2) is 6.19. The van der Waals surface area contributed by atoms with Crippen molar-refractivity contribution in [1.29, 1.82) is 5.26 Å². The maximum absolute atomic E-state index is 10.6. The SMILES string of the molecule is Cc1nnc(NCC2(O)CCCCCC2)c(C#N)c1C. The van der Waals surface area contributed by atoms with E-state index in [0.29, 0.717) is 17.9 Å². The Kier molecular flexibility index (Phi) is 4.56. The van der Waals surface area contributed by atoms with Crippen molar-refractivity contribution < 1.29 is 5.11 Å². The van der Waals surface area contributed by atoms with E-state index in [2.05, 4.69) is 21.6 Å². The standard InChI is InChI=1S/C15H22N4O/c1-11-12(2)18-19-14(13(11)9-16)17-10-15(20)7-5-3-4-6-8-15/h20H,3-8,10H2,1-2H3,(H,17,19). The third-order valence-corrected chi connectivity index (χ3v) is 4.19. The average molecular weight is 274 g/mol. The minimum Gasteiger partial charge on any atom is -0.388 e. The lowest BCUT2D eigenvalue weighted by Crippen LogP contribution is -2.36. The van der Waals surface area contributed by atoms with Gasteiger partial charge in [0.25, 0.3) is 0 Å². The minimum atomic E-state index is -0.691. The van der Waals surface area contributed by atoms with Crippen LogP contribution in [0, 0.1) is 25.2 Å². The van der Waals surface area contributed by atoms with Crippen molar-refractivity contribution in [3.05, 3.63) is 16.8 Å². The van der Waals surface area contributed by atoms with Crippen molar-refractivity contribution in [2.24, 2.45) is 0 Å². The zero-order valence-electron chi connectivity index (χ0n) is 12.2. The highest BCUT2D eigenvalue weighted by atomic mass is 16.3. The number of aromatic nitrogens is 2. The molecule has 1 aliphatic rings. The van der Waals surface area contributed by atoms with Crippen LogP contribution < -0.4 is 5.32 Å². The van der Waals surface area contributed by atoms with E-state index >= 15 is 0 Å². The molecule has 1 fully saturated rings. The Morgan fingerprint density at radius 3 is 2.45 bits per heavy atom. The van der Waals surface area contributed by atoms with Crippen LogP contribution in [0.25, 0.3) is 0 Å². The Morgan fingerprint density at radius 2 is 1.85 bits per heavy atom. The summed E-state index contributed by atoms with van der Waals surface area (Å²) < 4.78 is 0. The molecule has 0 aromatic carbocycles. The van der Waals surface area contributed by atoms with Crippen LogP contribution in [-0.2, 0) is 0 Å². The molecular weight excluding hydrogens is 252 g/mol. The third kappa shape index (κ3) is 3.26. The van der Waals surface area contributed by atoms with E-state index in [1.54, 1.807) is 0 Å². The maximum atomic E-state index is 10.6. The van der Waals surface area contributed by atoms with Gasteiger partial charge in [0.1, 0.15) is 11.6 Å². The molecule has 0 radical (unpaired) electrons. The van der Waals surface area contributed by atoms with Crippen molar-refractivity contribution in [1.82, 2.24) is 10.2 Å². The van der Waals surface area contributed by atoms with Gasteiger partial charge in [0.05, 0.1) is 11.3 Å². The van der Waals surface area contributed by atoms with E-state index in [9.17, 15) is 10.4 Å². The molecule has 1 aliphatic carbocycles. The van der Waals surface area contributed by atoms with Crippen LogP contribution in [-0.4, -0.2) is 27.4 Å². The molecule has 0 bridgehead atoms. The van der Waals surface area contributed by atoms with Gasteiger partial charge < -0.3 is 10.4 Å². The Hall–Kier alpha value is -1.67. The Labute approximate surface area is 120 Å². The number of rotatable bonds is 3. The van der Waals surface area contributed by atoms with Crippen LogP contribution in [0.1, 0.15) is 55.3 Å². The number of hydrogen-bond acceptors (Lipinski definition) is 5. The van der Waals surface area contributed by atoms with E-state index in [1.807, 2.05) is 13.8 Å². The van der Waals surface area contributed by atoms with Crippen LogP contribution in [0.4, 0.5) is 5.82 Å². The fraction of sp³-hybridized carbons (Fsp3) is 0.667. The van der Waals surface area contributed by atoms with E-state index in [1.165, 1.54) is 12.8 Å². The lowest BCUT2D eigenvalue weighted by atomic mass is 9.94. The molecule has 2 N–H and O–H groups in total. The predicted molar refractivity (Wildman–Crippen MR) is 77.4 cm³/mol. The molecule has 0 amide bonds. The molecule has 0 unspecified atom stereocenters. The van der Waals surface area contributed by atoms with Gasteiger partial charge in [-0.3, -0.25) is 0 Å². The summed E-state index contributed by atoms with van der Waals surface area (Å²) in [5, 5.41) is 31.1. The zero-order chi connectivity index (χ0) is 14.6. The number of aryl methyl sites for hydroxylation is 1. The first-order chi connectivity index (χ1) is 9.56. The molecule has 108 valence electrons. The Balaban J connectivity index is 2.11. The van der Waals surface area contributed by atoms with E-state index < -0.39 is 5.60 Å². The summed E-state index contributed by atoms with van der Waals surface area (Å²) in [6, 6.07) is 2.17. The van der Waals surface area contributed by atoms with Crippen molar-refractivity contribution in [2.75, 3.05) is 11.9 Å². The Morgan fingerprint density at radius 1 is 1.20 bits per heavy atom. The zero-order valence-corrected chi connectivity index (χ0v) is 12.2. The van der Waals surface area contributed by atoms with E-state index in [4.69, 9.17) is 0 Å². The lowest BCUT2D eigenvalue weighted by Gasteiger charge is -2.27. The molecule has 0 aliphatic heterocycles. The molecule has 5 nitrogen and oxygen atoms in total. The summed E-state index contributed by atoms with van der Waals surface area (Å²) >= 11 is 0. The molecule has 0 atom stereocenters. The van der Waals surface area contributed by atoms with Crippen molar-refractivity contribution in [2.45, 2.75) is 58.0 Å². The fourth-order valence-corrected chi connectivity index (χ4v) is 2.68. The quantitative estimate of drug-likeness (QED) is 0.827. The van der Waals surface area contributed by atoms with Crippen LogP contribution in [0.5, 0.6) is 0 Å². The number of nitriles is 1. The molecule has 1 aromatic heterocycles. The van der Waals surface area contributed by atoms with Gasteiger partial charge in [0.2, 0.25) is 0 Å². The monoisotopic (exact) mass is 274 g/mol. The van der Waals surface area contributed by atoms with E-state index in [0.717, 1.165) is 36.9 Å². The lowest BCUT2D eigenvalue weighted by molar-refractivity contribution is 0.0380. The van der Waals surface area contributed by atoms with Gasteiger partial charge in [-0.2, -0.15) is 10.4 Å². The van der Waals surface area contributed by atoms with Crippen LogP contribution in [0.15, 0.2) is 0 Å². The van der Waals surface area contributed by atoms with Gasteiger partial charge in [0.15, 0.2) is 5.82 Å². The summed E-state index contributed by atoms with van der Waals surface area (Å²) in [7, 11) is 0. The number of hydrogen-bond donors (Lipinski definition) is 2. The van der Waals surface area contributed by atoms with Crippen LogP contribution in [0.3, 0.4) is 0 Å². The second-order valence-corrected chi connectivity index (χ2v) is 5.74. The van der Waals surface area contributed by atoms with Crippen LogP contribution in [0.2, 0.25) is 0 Å². The highest BCUT2D eigenvalue weighted by Crippen LogP contribution is 2.27. The first-order valence-corrected chi connectivity index (χ1v) is 7.26. The van der Waals surface area contributed by atoms with Gasteiger partial charge >= 0.3 is 0 Å². The molecule has 0 spiro atoms. The van der Waals surface area contributed by atoms with Crippen molar-refractivity contribution in [3.8, 4) is 6.07 Å². The van der Waals surface area contributed by atoms with Crippen LogP contribution >= 0.6 is 0 Å². The molecule has 0 saturated heterocycles. The number of anilines is 1. The molecule has 1 heterocycles. The summed E-state index contributed by atoms with van der Waals surface area (Å²) in [6.45, 7) is 4.14. The smallest absolute Gasteiger partial charge is 0.167 e. The molecule has 1 saturated carbocycles. The second-order valence-electron chi connectivity index (χ2n) is 5.74. The first-order valence-electron chi connectivity index (χ1n) is 7.26. The summed E-state index contributed by atoms with van der Waals surface area (Å²) in [6.07, 6.45) is 6.11. The minimum absolute atomic E-state index is 0.429. The number of aliphatic hydroxyl groups is 1. The normalized spacial score (nSPS) is 18.1. The van der Waals surface area contributed by atoms with Gasteiger partial charge in [-0.05, 0) is 32.3 Å². The van der Waals surface area contributed by atoms with Gasteiger partial charge in [-0.15, -0.1) is 5.10 Å². The molecule has 20 heavy (non-hydrogen) atoms. The number of nitrogens with zero attached hydrogens (tertiary/aromatic N) is 3. The van der Waals surface area contributed by atoms with Crippen molar-refractivity contribution >= 4 is 5.82 Å². The predicted octanol–water partition coefficient (Wildman–Crippen LogP) is 2.46. The Bertz CT molecular complexity index is 513. The number of nitrogens with one attached hydrogen (secondary N) is 1. The molecular formula is C15H22N4O. The summed E-state index contributed by atoms with van der Waals surface area (Å²) in [5.74, 6) is 0.480. The largest absolute Gasteiger partial charge is 0.388 e. The maximum Gasteiger partial charge on any atom is 0.167 e. The van der Waals surface area contributed by atoms with E-state index in [-0.39, 0.29) is 0 Å². The highest BCUT2D eigenvalue weighted by molar-refractivity contribution is 5.55. The summed E-state index contributed by atoms with van der Waals surface area (Å²) in [5.41, 5.74) is 1.44. The third-order valence-electron chi connectivity index (χ3n) is 4.19.